The molecular weight excluding hydrogens is 285 g/mol. The lowest BCUT2D eigenvalue weighted by Gasteiger charge is -2.33. The Kier molecular flexibility index (Phi) is 4.22. The molecule has 0 aromatic carbocycles. The van der Waals surface area contributed by atoms with E-state index in [0.29, 0.717) is 6.54 Å². The van der Waals surface area contributed by atoms with Crippen LogP contribution in [0.5, 0.6) is 0 Å². The highest BCUT2D eigenvalue weighted by atomic mass is 19.1. The number of rotatable bonds is 3. The van der Waals surface area contributed by atoms with Crippen molar-refractivity contribution in [2.45, 2.75) is 18.9 Å². The van der Waals surface area contributed by atoms with Gasteiger partial charge in [-0.1, -0.05) is 0 Å². The van der Waals surface area contributed by atoms with E-state index >= 15 is 0 Å². The summed E-state index contributed by atoms with van der Waals surface area (Å²) in [6.45, 7) is 1.56. The molecule has 2 aromatic heterocycles. The number of hydrogen-bond donors (Lipinski definition) is 1. The van der Waals surface area contributed by atoms with Gasteiger partial charge in [-0.3, -0.25) is 4.79 Å². The van der Waals surface area contributed by atoms with Crippen LogP contribution in [-0.4, -0.2) is 40.2 Å². The normalized spacial score (nSPS) is 18.0. The number of halogens is 1. The van der Waals surface area contributed by atoms with Gasteiger partial charge in [-0.05, 0) is 37.1 Å². The molecule has 0 spiro atoms. The first-order chi connectivity index (χ1) is 10.7. The van der Waals surface area contributed by atoms with E-state index in [2.05, 4.69) is 25.4 Å². The number of carbonyl (C=O) groups is 1. The van der Waals surface area contributed by atoms with Crippen LogP contribution in [0.25, 0.3) is 0 Å². The summed E-state index contributed by atoms with van der Waals surface area (Å²) in [4.78, 5) is 18.0. The summed E-state index contributed by atoms with van der Waals surface area (Å²) in [6, 6.07) is 6.36. The van der Waals surface area contributed by atoms with Crippen LogP contribution >= 0.6 is 0 Å². The monoisotopic (exact) mass is 301 g/mol. The third-order valence-electron chi connectivity index (χ3n) is 3.60. The van der Waals surface area contributed by atoms with Crippen LogP contribution in [-0.2, 0) is 0 Å². The van der Waals surface area contributed by atoms with Crippen LogP contribution in [0, 0.1) is 5.82 Å². The molecule has 1 fully saturated rings. The lowest BCUT2D eigenvalue weighted by Crippen LogP contribution is -2.48. The number of nitrogens with zero attached hydrogens (tertiary/aromatic N) is 4. The zero-order valence-corrected chi connectivity index (χ0v) is 11.9. The molecule has 1 amide bonds. The number of carbonyl (C=O) groups excluding carboxylic acids is 1. The van der Waals surface area contributed by atoms with E-state index in [-0.39, 0.29) is 17.6 Å². The summed E-state index contributed by atoms with van der Waals surface area (Å²) in [5.74, 6) is 0.0652. The van der Waals surface area contributed by atoms with Gasteiger partial charge in [0.15, 0.2) is 5.82 Å². The molecule has 0 radical (unpaired) electrons. The van der Waals surface area contributed by atoms with Gasteiger partial charge in [0.2, 0.25) is 0 Å². The predicted octanol–water partition coefficient (Wildman–Crippen LogP) is 1.41. The van der Waals surface area contributed by atoms with Crippen LogP contribution in [0.4, 0.5) is 10.2 Å². The molecule has 3 rings (SSSR count). The summed E-state index contributed by atoms with van der Waals surface area (Å²) < 4.78 is 12.8. The number of aromatic nitrogens is 3. The largest absolute Gasteiger partial charge is 0.353 e. The minimum Gasteiger partial charge on any atom is -0.353 e. The van der Waals surface area contributed by atoms with Crippen molar-refractivity contribution < 1.29 is 9.18 Å². The van der Waals surface area contributed by atoms with Crippen LogP contribution in [0.2, 0.25) is 0 Å². The standard InChI is InChI=1S/C15H16FN5O/c16-11-5-6-13(17-9-11)15(22)19-12-3-2-8-21(10-12)14-4-1-7-18-20-14/h1,4-7,9,12H,2-3,8,10H2,(H,19,22). The van der Waals surface area contributed by atoms with Crippen LogP contribution in [0.15, 0.2) is 36.7 Å². The Labute approximate surface area is 127 Å². The molecule has 1 aliphatic heterocycles. The molecule has 2 aromatic rings. The van der Waals surface area contributed by atoms with Crippen molar-refractivity contribution in [3.8, 4) is 0 Å². The Bertz CT molecular complexity index is 634. The minimum atomic E-state index is -0.456. The maximum absolute atomic E-state index is 12.8. The molecule has 6 nitrogen and oxygen atoms in total. The van der Waals surface area contributed by atoms with Crippen molar-refractivity contribution in [1.29, 1.82) is 0 Å². The van der Waals surface area contributed by atoms with Crippen molar-refractivity contribution in [1.82, 2.24) is 20.5 Å². The second-order valence-electron chi connectivity index (χ2n) is 5.20. The van der Waals surface area contributed by atoms with Crippen molar-refractivity contribution in [3.05, 3.63) is 48.2 Å². The lowest BCUT2D eigenvalue weighted by atomic mass is 10.1. The molecule has 114 valence electrons. The van der Waals surface area contributed by atoms with Crippen LogP contribution in [0.3, 0.4) is 0 Å². The number of nitrogens with one attached hydrogen (secondary N) is 1. The third-order valence-corrected chi connectivity index (χ3v) is 3.60. The molecule has 3 heterocycles. The van der Waals surface area contributed by atoms with E-state index in [1.54, 1.807) is 6.20 Å². The highest BCUT2D eigenvalue weighted by Gasteiger charge is 2.23. The highest BCUT2D eigenvalue weighted by molar-refractivity contribution is 5.92. The first kappa shape index (κ1) is 14.4. The topological polar surface area (TPSA) is 71.0 Å². The summed E-state index contributed by atoms with van der Waals surface area (Å²) in [5, 5.41) is 10.9. The van der Waals surface area contributed by atoms with Crippen molar-refractivity contribution in [3.63, 3.8) is 0 Å². The quantitative estimate of drug-likeness (QED) is 0.928. The summed E-state index contributed by atoms with van der Waals surface area (Å²) in [6.07, 6.45) is 4.52. The maximum Gasteiger partial charge on any atom is 0.270 e. The van der Waals surface area contributed by atoms with Gasteiger partial charge >= 0.3 is 0 Å². The summed E-state index contributed by atoms with van der Waals surface area (Å²) >= 11 is 0. The van der Waals surface area contributed by atoms with Gasteiger partial charge in [0.1, 0.15) is 11.5 Å². The Hall–Kier alpha value is -2.57. The SMILES string of the molecule is O=C(NC1CCCN(c2cccnn2)C1)c1ccc(F)cn1. The second kappa shape index (κ2) is 6.46. The van der Waals surface area contributed by atoms with Gasteiger partial charge in [0.25, 0.3) is 5.91 Å². The molecule has 0 aliphatic carbocycles. The molecule has 1 N–H and O–H groups in total. The van der Waals surface area contributed by atoms with Gasteiger partial charge in [0.05, 0.1) is 6.20 Å². The van der Waals surface area contributed by atoms with E-state index in [9.17, 15) is 9.18 Å². The molecule has 1 atom stereocenters. The Morgan fingerprint density at radius 2 is 2.27 bits per heavy atom. The molecule has 1 unspecified atom stereocenters. The fraction of sp³-hybridized carbons (Fsp3) is 0.333. The minimum absolute atomic E-state index is 0.00936. The maximum atomic E-state index is 12.8. The molecule has 0 bridgehead atoms. The third kappa shape index (κ3) is 3.36. The van der Waals surface area contributed by atoms with Crippen LogP contribution in [0.1, 0.15) is 23.3 Å². The average Bonchev–Trinajstić information content (AvgIpc) is 2.56. The number of piperidine rings is 1. The number of anilines is 1. The van der Waals surface area contributed by atoms with Crippen LogP contribution < -0.4 is 10.2 Å². The van der Waals surface area contributed by atoms with Gasteiger partial charge in [-0.2, -0.15) is 5.10 Å². The number of hydrogen-bond acceptors (Lipinski definition) is 5. The summed E-state index contributed by atoms with van der Waals surface area (Å²) in [7, 11) is 0. The van der Waals surface area contributed by atoms with Gasteiger partial charge in [-0.15, -0.1) is 5.10 Å². The first-order valence-electron chi connectivity index (χ1n) is 7.17. The zero-order valence-electron chi connectivity index (χ0n) is 11.9. The van der Waals surface area contributed by atoms with Gasteiger partial charge < -0.3 is 10.2 Å². The van der Waals surface area contributed by atoms with Gasteiger partial charge in [-0.25, -0.2) is 9.37 Å². The Morgan fingerprint density at radius 3 is 3.00 bits per heavy atom. The second-order valence-corrected chi connectivity index (χ2v) is 5.20. The Morgan fingerprint density at radius 1 is 1.36 bits per heavy atom. The lowest BCUT2D eigenvalue weighted by molar-refractivity contribution is 0.0928. The molecule has 22 heavy (non-hydrogen) atoms. The molecule has 7 heteroatoms. The number of amides is 1. The average molecular weight is 301 g/mol. The van der Waals surface area contributed by atoms with Gasteiger partial charge in [0, 0.05) is 25.3 Å². The molecule has 1 aliphatic rings. The molecular formula is C15H16FN5O. The van der Waals surface area contributed by atoms with E-state index in [0.717, 1.165) is 31.4 Å². The first-order valence-corrected chi connectivity index (χ1v) is 7.17. The van der Waals surface area contributed by atoms with E-state index in [4.69, 9.17) is 0 Å². The fourth-order valence-electron chi connectivity index (χ4n) is 2.53. The van der Waals surface area contributed by atoms with E-state index < -0.39 is 5.82 Å². The molecule has 1 saturated heterocycles. The van der Waals surface area contributed by atoms with Crippen molar-refractivity contribution >= 4 is 11.7 Å². The summed E-state index contributed by atoms with van der Waals surface area (Å²) in [5.41, 5.74) is 0.220. The fourth-order valence-corrected chi connectivity index (χ4v) is 2.53. The predicted molar refractivity (Wildman–Crippen MR) is 78.9 cm³/mol. The highest BCUT2D eigenvalue weighted by Crippen LogP contribution is 2.16. The van der Waals surface area contributed by atoms with Crippen molar-refractivity contribution in [2.75, 3.05) is 18.0 Å². The van der Waals surface area contributed by atoms with Crippen molar-refractivity contribution in [2.24, 2.45) is 0 Å². The van der Waals surface area contributed by atoms with E-state index in [1.807, 2.05) is 12.1 Å². The number of pyridine rings is 1. The zero-order chi connectivity index (χ0) is 15.4. The Balaban J connectivity index is 1.63. The smallest absolute Gasteiger partial charge is 0.270 e. The molecule has 0 saturated carbocycles. The van der Waals surface area contributed by atoms with E-state index in [1.165, 1.54) is 12.1 Å².